The van der Waals surface area contributed by atoms with Gasteiger partial charge in [0.2, 0.25) is 0 Å². The standard InChI is InChI=1S/C8H5NO/c1-2-7-4-3-5-8(6-7)9-10/h1,3-6H. The van der Waals surface area contributed by atoms with Crippen molar-refractivity contribution < 1.29 is 0 Å². The molecule has 0 spiro atoms. The Balaban J connectivity index is 3.13. The fourth-order valence-electron chi connectivity index (χ4n) is 0.652. The van der Waals surface area contributed by atoms with E-state index in [9.17, 15) is 4.91 Å². The Morgan fingerprint density at radius 2 is 2.30 bits per heavy atom. The van der Waals surface area contributed by atoms with Crippen LogP contribution in [0.2, 0.25) is 0 Å². The monoisotopic (exact) mass is 131 g/mol. The molecule has 0 bridgehead atoms. The van der Waals surface area contributed by atoms with E-state index < -0.39 is 0 Å². The molecule has 48 valence electrons. The summed E-state index contributed by atoms with van der Waals surface area (Å²) in [5, 5.41) is 2.73. The Morgan fingerprint density at radius 3 is 2.90 bits per heavy atom. The number of nitroso groups, excluding NO2 is 1. The highest BCUT2D eigenvalue weighted by Gasteiger charge is 1.89. The SMILES string of the molecule is C#Cc1cccc(N=O)c1. The van der Waals surface area contributed by atoms with Gasteiger partial charge in [0.05, 0.1) is 0 Å². The molecule has 0 aliphatic rings. The van der Waals surface area contributed by atoms with Gasteiger partial charge < -0.3 is 0 Å². The van der Waals surface area contributed by atoms with Gasteiger partial charge in [-0.25, -0.2) is 0 Å². The Kier molecular flexibility index (Phi) is 1.81. The van der Waals surface area contributed by atoms with Crippen molar-refractivity contribution in [3.8, 4) is 12.3 Å². The van der Waals surface area contributed by atoms with Crippen LogP contribution in [0.3, 0.4) is 0 Å². The summed E-state index contributed by atoms with van der Waals surface area (Å²) >= 11 is 0. The number of benzene rings is 1. The van der Waals surface area contributed by atoms with Crippen LogP contribution < -0.4 is 0 Å². The van der Waals surface area contributed by atoms with Crippen molar-refractivity contribution >= 4 is 5.69 Å². The molecule has 0 aliphatic carbocycles. The van der Waals surface area contributed by atoms with Crippen LogP contribution >= 0.6 is 0 Å². The number of terminal acetylenes is 1. The maximum atomic E-state index is 9.96. The first-order valence-corrected chi connectivity index (χ1v) is 2.77. The zero-order valence-corrected chi connectivity index (χ0v) is 5.24. The summed E-state index contributed by atoms with van der Waals surface area (Å²) in [6.45, 7) is 0. The molecule has 0 saturated carbocycles. The average molecular weight is 131 g/mol. The summed E-state index contributed by atoms with van der Waals surface area (Å²) in [5.41, 5.74) is 1.05. The molecule has 0 aromatic heterocycles. The van der Waals surface area contributed by atoms with Crippen LogP contribution in [0.15, 0.2) is 29.4 Å². The highest BCUT2D eigenvalue weighted by Crippen LogP contribution is 2.11. The van der Waals surface area contributed by atoms with E-state index in [4.69, 9.17) is 6.42 Å². The molecule has 0 heterocycles. The first kappa shape index (κ1) is 6.50. The minimum Gasteiger partial charge on any atom is -0.145 e. The van der Waals surface area contributed by atoms with Crippen LogP contribution in [-0.4, -0.2) is 0 Å². The van der Waals surface area contributed by atoms with Crippen LogP contribution in [0.1, 0.15) is 5.56 Å². The molecule has 0 radical (unpaired) electrons. The third kappa shape index (κ3) is 1.20. The summed E-state index contributed by atoms with van der Waals surface area (Å²) < 4.78 is 0. The number of rotatable bonds is 1. The molecular formula is C8H5NO. The van der Waals surface area contributed by atoms with Crippen molar-refractivity contribution in [2.75, 3.05) is 0 Å². The topological polar surface area (TPSA) is 29.4 Å². The molecule has 0 aliphatic heterocycles. The second kappa shape index (κ2) is 2.79. The van der Waals surface area contributed by atoms with E-state index in [1.165, 1.54) is 0 Å². The molecule has 0 saturated heterocycles. The van der Waals surface area contributed by atoms with Gasteiger partial charge in [-0.15, -0.1) is 11.3 Å². The predicted molar refractivity (Wildman–Crippen MR) is 39.8 cm³/mol. The van der Waals surface area contributed by atoms with Gasteiger partial charge in [0.1, 0.15) is 5.69 Å². The lowest BCUT2D eigenvalue weighted by atomic mass is 10.2. The van der Waals surface area contributed by atoms with Gasteiger partial charge >= 0.3 is 0 Å². The van der Waals surface area contributed by atoms with E-state index in [1.54, 1.807) is 24.3 Å². The molecule has 0 fully saturated rings. The lowest BCUT2D eigenvalue weighted by molar-refractivity contribution is 1.48. The molecule has 1 aromatic rings. The highest BCUT2D eigenvalue weighted by atomic mass is 16.3. The molecule has 0 amide bonds. The zero-order chi connectivity index (χ0) is 7.40. The molecule has 0 N–H and O–H groups in total. The summed E-state index contributed by atoms with van der Waals surface area (Å²) in [4.78, 5) is 9.96. The minimum absolute atomic E-state index is 0.371. The summed E-state index contributed by atoms with van der Waals surface area (Å²) in [6.07, 6.45) is 5.08. The van der Waals surface area contributed by atoms with E-state index in [0.717, 1.165) is 0 Å². The zero-order valence-electron chi connectivity index (χ0n) is 5.24. The minimum atomic E-state index is 0.371. The van der Waals surface area contributed by atoms with E-state index in [1.807, 2.05) is 0 Å². The molecule has 2 heteroatoms. The molecule has 1 rings (SSSR count). The maximum absolute atomic E-state index is 9.96. The van der Waals surface area contributed by atoms with Gasteiger partial charge in [-0.05, 0) is 23.4 Å². The van der Waals surface area contributed by atoms with Gasteiger partial charge in [-0.3, -0.25) is 0 Å². The Hall–Kier alpha value is -1.62. The number of hydrogen-bond donors (Lipinski definition) is 0. The molecule has 2 nitrogen and oxygen atoms in total. The van der Waals surface area contributed by atoms with E-state index >= 15 is 0 Å². The molecule has 10 heavy (non-hydrogen) atoms. The highest BCUT2D eigenvalue weighted by molar-refractivity contribution is 5.45. The van der Waals surface area contributed by atoms with Crippen LogP contribution in [0.5, 0.6) is 0 Å². The van der Waals surface area contributed by atoms with Crippen molar-refractivity contribution in [2.24, 2.45) is 5.18 Å². The fraction of sp³-hybridized carbons (Fsp3) is 0. The molecular weight excluding hydrogens is 126 g/mol. The van der Waals surface area contributed by atoms with E-state index in [-0.39, 0.29) is 0 Å². The van der Waals surface area contributed by atoms with E-state index in [2.05, 4.69) is 11.1 Å². The normalized spacial score (nSPS) is 8.30. The van der Waals surface area contributed by atoms with Crippen molar-refractivity contribution in [1.29, 1.82) is 0 Å². The Morgan fingerprint density at radius 1 is 1.50 bits per heavy atom. The largest absolute Gasteiger partial charge is 0.145 e. The third-order valence-corrected chi connectivity index (χ3v) is 1.12. The van der Waals surface area contributed by atoms with Crippen LogP contribution in [0, 0.1) is 17.3 Å². The van der Waals surface area contributed by atoms with Gasteiger partial charge in [0.25, 0.3) is 0 Å². The number of nitrogens with zero attached hydrogens (tertiary/aromatic N) is 1. The second-order valence-corrected chi connectivity index (χ2v) is 1.79. The van der Waals surface area contributed by atoms with Crippen LogP contribution in [-0.2, 0) is 0 Å². The van der Waals surface area contributed by atoms with Crippen molar-refractivity contribution in [2.45, 2.75) is 0 Å². The van der Waals surface area contributed by atoms with Crippen molar-refractivity contribution in [3.63, 3.8) is 0 Å². The lowest BCUT2D eigenvalue weighted by Crippen LogP contribution is -1.69. The lowest BCUT2D eigenvalue weighted by Gasteiger charge is -1.88. The van der Waals surface area contributed by atoms with Crippen LogP contribution in [0.4, 0.5) is 5.69 Å². The molecule has 0 unspecified atom stereocenters. The first-order valence-electron chi connectivity index (χ1n) is 2.77. The Bertz CT molecular complexity index is 286. The van der Waals surface area contributed by atoms with Gasteiger partial charge in [0, 0.05) is 5.56 Å². The first-order chi connectivity index (χ1) is 4.86. The third-order valence-electron chi connectivity index (χ3n) is 1.12. The second-order valence-electron chi connectivity index (χ2n) is 1.79. The van der Waals surface area contributed by atoms with Gasteiger partial charge in [-0.1, -0.05) is 12.0 Å². The smallest absolute Gasteiger partial charge is 0.109 e. The maximum Gasteiger partial charge on any atom is 0.109 e. The summed E-state index contributed by atoms with van der Waals surface area (Å²) in [7, 11) is 0. The van der Waals surface area contributed by atoms with E-state index in [0.29, 0.717) is 11.3 Å². The quantitative estimate of drug-likeness (QED) is 0.423. The molecule has 0 atom stereocenters. The van der Waals surface area contributed by atoms with Gasteiger partial charge in [-0.2, -0.15) is 0 Å². The fourth-order valence-corrected chi connectivity index (χ4v) is 0.652. The van der Waals surface area contributed by atoms with Crippen molar-refractivity contribution in [1.82, 2.24) is 0 Å². The molecule has 1 aromatic carbocycles. The Labute approximate surface area is 58.9 Å². The number of hydrogen-bond acceptors (Lipinski definition) is 2. The predicted octanol–water partition coefficient (Wildman–Crippen LogP) is 2.07. The van der Waals surface area contributed by atoms with Gasteiger partial charge in [0.15, 0.2) is 0 Å². The average Bonchev–Trinajstić information content (AvgIpc) is 2.05. The summed E-state index contributed by atoms with van der Waals surface area (Å²) in [5.74, 6) is 2.40. The van der Waals surface area contributed by atoms with Crippen LogP contribution in [0.25, 0.3) is 0 Å². The van der Waals surface area contributed by atoms with Crippen molar-refractivity contribution in [3.05, 3.63) is 34.7 Å². The summed E-state index contributed by atoms with van der Waals surface area (Å²) in [6, 6.07) is 6.61.